The molecule has 3 aromatic rings. The monoisotopic (exact) mass is 439 g/mol. The number of alkyl halides is 1. The number of phenolic OH excluding ortho intramolecular Hbond substituents is 1. The number of rotatable bonds is 4. The Morgan fingerprint density at radius 1 is 1.22 bits per heavy atom. The summed E-state index contributed by atoms with van der Waals surface area (Å²) in [5.74, 6) is 0.0995. The van der Waals surface area contributed by atoms with Gasteiger partial charge in [-0.3, -0.25) is 5.32 Å². The molecule has 0 radical (unpaired) electrons. The lowest BCUT2D eigenvalue weighted by Gasteiger charge is -2.47. The molecule has 2 N–H and O–H groups in total. The Bertz CT molecular complexity index is 1200. The van der Waals surface area contributed by atoms with Gasteiger partial charge in [-0.2, -0.15) is 5.10 Å². The fraction of sp³-hybridized carbons (Fsp3) is 0.364. The highest BCUT2D eigenvalue weighted by Gasteiger charge is 2.53. The zero-order valence-electron chi connectivity index (χ0n) is 17.9. The lowest BCUT2D eigenvalue weighted by molar-refractivity contribution is 0.100. The standard InChI is InChI=1S/C22H23F2N7O/c1-21-6-7-22(2,29-21)19(24)16(9-21)30(3)18-11-25-20(28-27-18)15-5-4-14(8-17(15)32)31-12-13(23)10-26-31/h4-8,10-12,16,19,29,32H,9H2,1-3H3/t16-,19-,21-,22+/m0/s1. The normalized spacial score (nSPS) is 28.8. The van der Waals surface area contributed by atoms with Crippen LogP contribution in [0.25, 0.3) is 17.1 Å². The molecule has 0 saturated carbocycles. The second kappa shape index (κ2) is 7.06. The molecular formula is C22H23F2N7O. The third-order valence-corrected chi connectivity index (χ3v) is 6.34. The van der Waals surface area contributed by atoms with Crippen molar-refractivity contribution in [1.29, 1.82) is 0 Å². The van der Waals surface area contributed by atoms with Crippen LogP contribution in [0.4, 0.5) is 14.6 Å². The van der Waals surface area contributed by atoms with Crippen molar-refractivity contribution < 1.29 is 13.9 Å². The number of piperidine rings is 1. The Hall–Kier alpha value is -3.40. The highest BCUT2D eigenvalue weighted by molar-refractivity contribution is 5.66. The Kier molecular flexibility index (Phi) is 4.52. The van der Waals surface area contributed by atoms with Gasteiger partial charge in [0, 0.05) is 18.7 Å². The van der Waals surface area contributed by atoms with E-state index < -0.39 is 23.6 Å². The minimum absolute atomic E-state index is 0.0908. The van der Waals surface area contributed by atoms with Crippen LogP contribution < -0.4 is 10.2 Å². The number of phenols is 1. The van der Waals surface area contributed by atoms with Gasteiger partial charge in [-0.1, -0.05) is 12.2 Å². The SMILES string of the molecule is CN(c1cnc(-c2ccc(-n3cc(F)cn3)cc2O)nn1)[C@H]1C[C@]2(C)C=C[C@@](C)(N2)[C@H]1F. The van der Waals surface area contributed by atoms with Crippen molar-refractivity contribution in [3.63, 3.8) is 0 Å². The molecule has 2 bridgehead atoms. The van der Waals surface area contributed by atoms with Gasteiger partial charge in [-0.05, 0) is 32.4 Å². The van der Waals surface area contributed by atoms with E-state index in [0.717, 1.165) is 6.20 Å². The highest BCUT2D eigenvalue weighted by atomic mass is 19.1. The average Bonchev–Trinajstić information content (AvgIpc) is 3.32. The quantitative estimate of drug-likeness (QED) is 0.604. The van der Waals surface area contributed by atoms with Gasteiger partial charge in [0.05, 0.1) is 41.4 Å². The van der Waals surface area contributed by atoms with E-state index in [4.69, 9.17) is 0 Å². The number of halogens is 2. The average molecular weight is 439 g/mol. The van der Waals surface area contributed by atoms with Crippen LogP contribution in [0.2, 0.25) is 0 Å². The number of anilines is 1. The molecule has 2 aliphatic heterocycles. The first kappa shape index (κ1) is 20.5. The zero-order valence-corrected chi connectivity index (χ0v) is 17.9. The van der Waals surface area contributed by atoms with Crippen LogP contribution in [-0.4, -0.2) is 60.4 Å². The van der Waals surface area contributed by atoms with Crippen LogP contribution in [0.15, 0.2) is 48.9 Å². The van der Waals surface area contributed by atoms with E-state index in [0.29, 0.717) is 23.5 Å². The lowest BCUT2D eigenvalue weighted by Crippen LogP contribution is -2.66. The van der Waals surface area contributed by atoms with Crippen molar-refractivity contribution in [2.45, 2.75) is 43.6 Å². The summed E-state index contributed by atoms with van der Waals surface area (Å²) in [4.78, 5) is 6.11. The molecule has 10 heteroatoms. The molecule has 0 amide bonds. The molecule has 4 heterocycles. The number of hydrogen-bond acceptors (Lipinski definition) is 7. The van der Waals surface area contributed by atoms with Gasteiger partial charge in [0.1, 0.15) is 11.9 Å². The molecule has 1 saturated heterocycles. The summed E-state index contributed by atoms with van der Waals surface area (Å²) in [5, 5.41) is 26.1. The molecule has 2 aliphatic rings. The maximum absolute atomic E-state index is 15.3. The van der Waals surface area contributed by atoms with Gasteiger partial charge in [0.25, 0.3) is 0 Å². The molecule has 1 fully saturated rings. The molecule has 4 atom stereocenters. The van der Waals surface area contributed by atoms with Crippen LogP contribution in [-0.2, 0) is 0 Å². The topological polar surface area (TPSA) is 92.0 Å². The minimum atomic E-state index is -1.13. The third kappa shape index (κ3) is 3.31. The van der Waals surface area contributed by atoms with E-state index in [2.05, 4.69) is 32.5 Å². The Labute approximate surface area is 183 Å². The Balaban J connectivity index is 1.37. The minimum Gasteiger partial charge on any atom is -0.507 e. The Morgan fingerprint density at radius 2 is 2.03 bits per heavy atom. The molecule has 8 nitrogen and oxygen atoms in total. The van der Waals surface area contributed by atoms with Gasteiger partial charge >= 0.3 is 0 Å². The van der Waals surface area contributed by atoms with E-state index in [1.54, 1.807) is 24.1 Å². The summed E-state index contributed by atoms with van der Waals surface area (Å²) >= 11 is 0. The number of benzene rings is 1. The maximum Gasteiger partial charge on any atom is 0.185 e. The molecule has 32 heavy (non-hydrogen) atoms. The highest BCUT2D eigenvalue weighted by Crippen LogP contribution is 2.41. The van der Waals surface area contributed by atoms with E-state index >= 15 is 4.39 Å². The van der Waals surface area contributed by atoms with Crippen LogP contribution in [0, 0.1) is 5.82 Å². The predicted octanol–water partition coefficient (Wildman–Crippen LogP) is 2.79. The molecular weight excluding hydrogens is 416 g/mol. The molecule has 166 valence electrons. The second-order valence-electron chi connectivity index (χ2n) is 8.89. The van der Waals surface area contributed by atoms with Crippen molar-refractivity contribution in [3.8, 4) is 22.8 Å². The van der Waals surface area contributed by atoms with E-state index in [-0.39, 0.29) is 17.1 Å². The lowest BCUT2D eigenvalue weighted by atomic mass is 9.81. The van der Waals surface area contributed by atoms with Crippen LogP contribution in [0.1, 0.15) is 20.3 Å². The largest absolute Gasteiger partial charge is 0.507 e. The second-order valence-corrected chi connectivity index (χ2v) is 8.89. The Morgan fingerprint density at radius 3 is 2.69 bits per heavy atom. The number of fused-ring (bicyclic) bond motifs is 2. The first-order valence-corrected chi connectivity index (χ1v) is 10.3. The molecule has 0 spiro atoms. The van der Waals surface area contributed by atoms with Crippen LogP contribution >= 0.6 is 0 Å². The van der Waals surface area contributed by atoms with Gasteiger partial charge in [0.15, 0.2) is 17.5 Å². The first-order chi connectivity index (χ1) is 15.2. The van der Waals surface area contributed by atoms with Crippen molar-refractivity contribution in [2.24, 2.45) is 0 Å². The maximum atomic E-state index is 15.3. The number of aromatic hydroxyl groups is 1. The first-order valence-electron chi connectivity index (χ1n) is 10.3. The number of aromatic nitrogens is 5. The summed E-state index contributed by atoms with van der Waals surface area (Å²) in [6.45, 7) is 3.91. The third-order valence-electron chi connectivity index (χ3n) is 6.34. The molecule has 5 rings (SSSR count). The van der Waals surface area contributed by atoms with Crippen molar-refractivity contribution in [1.82, 2.24) is 30.3 Å². The van der Waals surface area contributed by atoms with Crippen molar-refractivity contribution in [2.75, 3.05) is 11.9 Å². The van der Waals surface area contributed by atoms with E-state index in [9.17, 15) is 9.50 Å². The zero-order chi connectivity index (χ0) is 22.7. The summed E-state index contributed by atoms with van der Waals surface area (Å²) in [6, 6.07) is 4.32. The van der Waals surface area contributed by atoms with Gasteiger partial charge in [0.2, 0.25) is 0 Å². The number of nitrogens with one attached hydrogen (secondary N) is 1. The van der Waals surface area contributed by atoms with Gasteiger partial charge in [-0.25, -0.2) is 18.4 Å². The number of hydrogen-bond donors (Lipinski definition) is 2. The van der Waals surface area contributed by atoms with E-state index in [1.165, 1.54) is 23.1 Å². The number of nitrogens with zero attached hydrogens (tertiary/aromatic N) is 6. The van der Waals surface area contributed by atoms with Crippen molar-refractivity contribution in [3.05, 3.63) is 54.8 Å². The summed E-state index contributed by atoms with van der Waals surface area (Å²) in [6.07, 6.45) is 7.19. The van der Waals surface area contributed by atoms with Gasteiger partial charge in [-0.15, -0.1) is 10.2 Å². The van der Waals surface area contributed by atoms with Crippen LogP contribution in [0.3, 0.4) is 0 Å². The fourth-order valence-corrected chi connectivity index (χ4v) is 4.62. The fourth-order valence-electron chi connectivity index (χ4n) is 4.62. The summed E-state index contributed by atoms with van der Waals surface area (Å²) < 4.78 is 29.8. The smallest absolute Gasteiger partial charge is 0.185 e. The summed E-state index contributed by atoms with van der Waals surface area (Å²) in [7, 11) is 1.79. The van der Waals surface area contributed by atoms with Crippen LogP contribution in [0.5, 0.6) is 5.75 Å². The molecule has 2 aromatic heterocycles. The predicted molar refractivity (Wildman–Crippen MR) is 115 cm³/mol. The molecule has 1 aromatic carbocycles. The van der Waals surface area contributed by atoms with Crippen molar-refractivity contribution >= 4 is 5.82 Å². The summed E-state index contributed by atoms with van der Waals surface area (Å²) in [5.41, 5.74) is -0.139. The van der Waals surface area contributed by atoms with Gasteiger partial charge < -0.3 is 10.0 Å². The molecule has 0 aliphatic carbocycles. The molecule has 0 unspecified atom stereocenters. The van der Waals surface area contributed by atoms with E-state index in [1.807, 2.05) is 19.1 Å².